The first kappa shape index (κ1) is 21.3. The van der Waals surface area contributed by atoms with Crippen LogP contribution >= 0.6 is 11.8 Å². The summed E-state index contributed by atoms with van der Waals surface area (Å²) in [6.45, 7) is 3.42. The van der Waals surface area contributed by atoms with Crippen molar-refractivity contribution in [1.29, 1.82) is 0 Å². The van der Waals surface area contributed by atoms with Crippen LogP contribution in [0.3, 0.4) is 0 Å². The summed E-state index contributed by atoms with van der Waals surface area (Å²) < 4.78 is 27.7. The van der Waals surface area contributed by atoms with Crippen molar-refractivity contribution in [2.24, 2.45) is 0 Å². The second kappa shape index (κ2) is 9.07. The number of nitrogens with zero attached hydrogens (tertiary/aromatic N) is 4. The molecule has 10 heteroatoms. The van der Waals surface area contributed by atoms with Gasteiger partial charge in [0.2, 0.25) is 21.1 Å². The first-order valence-electron chi connectivity index (χ1n) is 10.4. The number of H-pyrrole nitrogens is 1. The molecule has 1 fully saturated rings. The molecule has 0 atom stereocenters. The fourth-order valence-electron chi connectivity index (χ4n) is 3.92. The molecule has 8 nitrogen and oxygen atoms in total. The second-order valence-corrected chi connectivity index (χ2v) is 10.5. The molecular weight excluding hydrogens is 422 g/mol. The monoisotopic (exact) mass is 449 g/mol. The van der Waals surface area contributed by atoms with Gasteiger partial charge in [-0.3, -0.25) is 9.89 Å². The van der Waals surface area contributed by atoms with E-state index in [1.165, 1.54) is 28.1 Å². The van der Waals surface area contributed by atoms with Gasteiger partial charge in [-0.25, -0.2) is 13.4 Å². The third-order valence-corrected chi connectivity index (χ3v) is 8.45. The summed E-state index contributed by atoms with van der Waals surface area (Å²) in [5.74, 6) is 1.03. The lowest BCUT2D eigenvalue weighted by Crippen LogP contribution is -2.51. The van der Waals surface area contributed by atoms with E-state index in [0.717, 1.165) is 37.1 Å². The molecule has 0 spiro atoms. The molecule has 0 saturated carbocycles. The second-order valence-electron chi connectivity index (χ2n) is 7.63. The molecule has 1 aromatic heterocycles. The zero-order valence-electron chi connectivity index (χ0n) is 17.1. The van der Waals surface area contributed by atoms with Crippen molar-refractivity contribution in [3.63, 3.8) is 0 Å². The Bertz CT molecular complexity index is 1010. The normalized spacial score (nSPS) is 17.7. The van der Waals surface area contributed by atoms with Gasteiger partial charge in [0.1, 0.15) is 5.82 Å². The Morgan fingerprint density at radius 1 is 1.13 bits per heavy atom. The maximum atomic E-state index is 13.1. The molecule has 30 heavy (non-hydrogen) atoms. The number of amides is 1. The number of aryl methyl sites for hydroxylation is 3. The first-order chi connectivity index (χ1) is 14.5. The average molecular weight is 450 g/mol. The lowest BCUT2D eigenvalue weighted by Gasteiger charge is -2.34. The van der Waals surface area contributed by atoms with Crippen LogP contribution in [0.4, 0.5) is 0 Å². The van der Waals surface area contributed by atoms with E-state index < -0.39 is 10.0 Å². The smallest absolute Gasteiger partial charge is 0.243 e. The van der Waals surface area contributed by atoms with Crippen molar-refractivity contribution in [2.75, 3.05) is 31.9 Å². The number of piperazine rings is 1. The minimum atomic E-state index is -3.53. The van der Waals surface area contributed by atoms with Crippen molar-refractivity contribution in [3.8, 4) is 0 Å². The molecule has 1 amide bonds. The maximum Gasteiger partial charge on any atom is 0.243 e. The Kier molecular flexibility index (Phi) is 6.45. The highest BCUT2D eigenvalue weighted by atomic mass is 32.2. The number of carbonyl (C=O) groups excluding carboxylic acids is 1. The van der Waals surface area contributed by atoms with Gasteiger partial charge in [-0.05, 0) is 48.9 Å². The van der Waals surface area contributed by atoms with Gasteiger partial charge >= 0.3 is 0 Å². The number of carbonyl (C=O) groups is 1. The van der Waals surface area contributed by atoms with Crippen LogP contribution in [-0.4, -0.2) is 70.6 Å². The molecule has 0 radical (unpaired) electrons. The van der Waals surface area contributed by atoms with Crippen molar-refractivity contribution in [2.45, 2.75) is 49.1 Å². The van der Waals surface area contributed by atoms with Crippen LogP contribution in [0.2, 0.25) is 0 Å². The molecule has 2 heterocycles. The number of nitrogens with one attached hydrogen (secondary N) is 1. The van der Waals surface area contributed by atoms with Gasteiger partial charge in [-0.15, -0.1) is 5.10 Å². The number of aromatic amines is 1. The number of aromatic nitrogens is 3. The van der Waals surface area contributed by atoms with Gasteiger partial charge in [0.15, 0.2) is 0 Å². The zero-order valence-corrected chi connectivity index (χ0v) is 18.8. The van der Waals surface area contributed by atoms with Gasteiger partial charge in [0.25, 0.3) is 0 Å². The van der Waals surface area contributed by atoms with Gasteiger partial charge < -0.3 is 4.90 Å². The SMILES string of the molecule is CCc1nc(SCC(=O)N2CCN(S(=O)(=O)c3ccc4c(c3)CCCC4)CC2)n[nH]1. The highest BCUT2D eigenvalue weighted by Crippen LogP contribution is 2.26. The number of sulfonamides is 1. The molecule has 1 N–H and O–H groups in total. The largest absolute Gasteiger partial charge is 0.339 e. The van der Waals surface area contributed by atoms with E-state index in [-0.39, 0.29) is 11.7 Å². The van der Waals surface area contributed by atoms with Crippen molar-refractivity contribution >= 4 is 27.7 Å². The summed E-state index contributed by atoms with van der Waals surface area (Å²) in [6.07, 6.45) is 5.03. The Morgan fingerprint density at radius 2 is 1.87 bits per heavy atom. The molecule has 1 aromatic carbocycles. The maximum absolute atomic E-state index is 13.1. The number of thioether (sulfide) groups is 1. The highest BCUT2D eigenvalue weighted by molar-refractivity contribution is 7.99. The minimum Gasteiger partial charge on any atom is -0.339 e. The van der Waals surface area contributed by atoms with Crippen LogP contribution in [0.15, 0.2) is 28.3 Å². The van der Waals surface area contributed by atoms with E-state index in [1.54, 1.807) is 11.0 Å². The molecule has 0 bridgehead atoms. The molecular formula is C20H27N5O3S2. The van der Waals surface area contributed by atoms with Crippen molar-refractivity contribution < 1.29 is 13.2 Å². The number of hydrogen-bond donors (Lipinski definition) is 1. The third kappa shape index (κ3) is 4.55. The molecule has 1 aliphatic heterocycles. The highest BCUT2D eigenvalue weighted by Gasteiger charge is 2.30. The average Bonchev–Trinajstić information content (AvgIpc) is 3.25. The van der Waals surface area contributed by atoms with E-state index in [9.17, 15) is 13.2 Å². The van der Waals surface area contributed by atoms with Crippen molar-refractivity contribution in [1.82, 2.24) is 24.4 Å². The van der Waals surface area contributed by atoms with Gasteiger partial charge in [-0.1, -0.05) is 24.8 Å². The molecule has 162 valence electrons. The standard InChI is InChI=1S/C20H27N5O3S2/c1-2-18-21-20(23-22-18)29-14-19(26)24-9-11-25(12-10-24)30(27,28)17-8-7-15-5-3-4-6-16(15)13-17/h7-8,13H,2-6,9-12,14H2,1H3,(H,21,22,23). The molecule has 2 aliphatic rings. The number of rotatable bonds is 6. The molecule has 1 aliphatic carbocycles. The van der Waals surface area contributed by atoms with E-state index >= 15 is 0 Å². The molecule has 2 aromatic rings. The van der Waals surface area contributed by atoms with E-state index in [4.69, 9.17) is 0 Å². The van der Waals surface area contributed by atoms with Crippen molar-refractivity contribution in [3.05, 3.63) is 35.2 Å². The summed E-state index contributed by atoms with van der Waals surface area (Å²) in [6, 6.07) is 5.54. The van der Waals surface area contributed by atoms with Gasteiger partial charge in [-0.2, -0.15) is 4.31 Å². The summed E-state index contributed by atoms with van der Waals surface area (Å²) in [5, 5.41) is 7.48. The Morgan fingerprint density at radius 3 is 2.57 bits per heavy atom. The lowest BCUT2D eigenvalue weighted by atomic mass is 9.92. The zero-order chi connectivity index (χ0) is 21.1. The fraction of sp³-hybridized carbons (Fsp3) is 0.550. The predicted octanol–water partition coefficient (Wildman–Crippen LogP) is 1.87. The van der Waals surface area contributed by atoms with Crippen LogP contribution in [0.1, 0.15) is 36.7 Å². The molecule has 0 unspecified atom stereocenters. The summed E-state index contributed by atoms with van der Waals surface area (Å²) in [4.78, 5) is 18.9. The predicted molar refractivity (Wildman–Crippen MR) is 115 cm³/mol. The Hall–Kier alpha value is -1.91. The Balaban J connectivity index is 1.33. The van der Waals surface area contributed by atoms with E-state index in [1.807, 2.05) is 19.1 Å². The van der Waals surface area contributed by atoms with E-state index in [0.29, 0.717) is 36.2 Å². The third-order valence-electron chi connectivity index (χ3n) is 5.72. The summed E-state index contributed by atoms with van der Waals surface area (Å²) in [5.41, 5.74) is 2.43. The lowest BCUT2D eigenvalue weighted by molar-refractivity contribution is -0.129. The molecule has 1 saturated heterocycles. The fourth-order valence-corrected chi connectivity index (χ4v) is 6.11. The van der Waals surface area contributed by atoms with Crippen LogP contribution in [0, 0.1) is 0 Å². The Labute approximate surface area is 181 Å². The summed E-state index contributed by atoms with van der Waals surface area (Å²) >= 11 is 1.30. The minimum absolute atomic E-state index is 0.0197. The van der Waals surface area contributed by atoms with Crippen LogP contribution in [0.5, 0.6) is 0 Å². The van der Waals surface area contributed by atoms with Gasteiger partial charge in [0.05, 0.1) is 10.6 Å². The first-order valence-corrected chi connectivity index (χ1v) is 12.8. The quantitative estimate of drug-likeness (QED) is 0.676. The number of fused-ring (bicyclic) bond motifs is 1. The van der Waals surface area contributed by atoms with Crippen LogP contribution < -0.4 is 0 Å². The topological polar surface area (TPSA) is 99.3 Å². The number of hydrogen-bond acceptors (Lipinski definition) is 6. The van der Waals surface area contributed by atoms with E-state index in [2.05, 4.69) is 15.2 Å². The van der Waals surface area contributed by atoms with Crippen LogP contribution in [0.25, 0.3) is 0 Å². The molecule has 4 rings (SSSR count). The van der Waals surface area contributed by atoms with Gasteiger partial charge in [0, 0.05) is 32.6 Å². The summed E-state index contributed by atoms with van der Waals surface area (Å²) in [7, 11) is -3.53. The van der Waals surface area contributed by atoms with Crippen LogP contribution in [-0.2, 0) is 34.1 Å². The number of benzene rings is 1.